The number of carbonyl (C=O) groups excluding carboxylic acids is 1. The van der Waals surface area contributed by atoms with Crippen LogP contribution in [0.5, 0.6) is 5.75 Å². The first-order valence-electron chi connectivity index (χ1n) is 8.83. The van der Waals surface area contributed by atoms with E-state index in [1.54, 1.807) is 11.8 Å². The molecular formula is C21H26ClNO2S. The number of hydrogen-bond donors (Lipinski definition) is 1. The molecule has 26 heavy (non-hydrogen) atoms. The van der Waals surface area contributed by atoms with Crippen LogP contribution in [0.1, 0.15) is 30.0 Å². The van der Waals surface area contributed by atoms with E-state index in [9.17, 15) is 4.79 Å². The first-order chi connectivity index (χ1) is 12.5. The van der Waals surface area contributed by atoms with Gasteiger partial charge in [-0.2, -0.15) is 11.8 Å². The second-order valence-electron chi connectivity index (χ2n) is 6.23. The van der Waals surface area contributed by atoms with Crippen molar-refractivity contribution in [2.75, 3.05) is 12.3 Å². The summed E-state index contributed by atoms with van der Waals surface area (Å²) in [4.78, 5) is 12.3. The van der Waals surface area contributed by atoms with Crippen molar-refractivity contribution in [3.63, 3.8) is 0 Å². The normalized spacial score (nSPS) is 11.8. The highest BCUT2D eigenvalue weighted by atomic mass is 35.5. The van der Waals surface area contributed by atoms with Crippen molar-refractivity contribution < 1.29 is 9.53 Å². The van der Waals surface area contributed by atoms with Gasteiger partial charge >= 0.3 is 0 Å². The van der Waals surface area contributed by atoms with Crippen LogP contribution in [0.4, 0.5) is 0 Å². The first kappa shape index (κ1) is 20.7. The second-order valence-corrected chi connectivity index (χ2v) is 7.78. The SMILES string of the molecule is CC[C@@H](Oc1ccc(C)c(C)c1)C(=O)NCCSCc1cccc(Cl)c1. The van der Waals surface area contributed by atoms with Gasteiger partial charge in [-0.05, 0) is 61.2 Å². The molecule has 1 amide bonds. The molecule has 0 radical (unpaired) electrons. The molecule has 0 spiro atoms. The fraction of sp³-hybridized carbons (Fsp3) is 0.381. The summed E-state index contributed by atoms with van der Waals surface area (Å²) < 4.78 is 5.87. The fourth-order valence-electron chi connectivity index (χ4n) is 2.45. The Bertz CT molecular complexity index is 736. The smallest absolute Gasteiger partial charge is 0.261 e. The number of amides is 1. The molecule has 0 heterocycles. The molecule has 0 saturated carbocycles. The number of hydrogen-bond acceptors (Lipinski definition) is 3. The van der Waals surface area contributed by atoms with Crippen LogP contribution < -0.4 is 10.1 Å². The average Bonchev–Trinajstić information content (AvgIpc) is 2.62. The summed E-state index contributed by atoms with van der Waals surface area (Å²) in [6.07, 6.45) is 0.170. The van der Waals surface area contributed by atoms with Crippen LogP contribution in [0.3, 0.4) is 0 Å². The molecule has 2 rings (SSSR count). The quantitative estimate of drug-likeness (QED) is 0.599. The van der Waals surface area contributed by atoms with Gasteiger partial charge in [0.05, 0.1) is 0 Å². The van der Waals surface area contributed by atoms with Gasteiger partial charge in [0.15, 0.2) is 6.10 Å². The minimum atomic E-state index is -0.463. The molecular weight excluding hydrogens is 366 g/mol. The molecule has 1 atom stereocenters. The lowest BCUT2D eigenvalue weighted by Gasteiger charge is -2.18. The molecule has 5 heteroatoms. The highest BCUT2D eigenvalue weighted by molar-refractivity contribution is 7.98. The van der Waals surface area contributed by atoms with Crippen molar-refractivity contribution in [3.05, 3.63) is 64.2 Å². The van der Waals surface area contributed by atoms with E-state index in [-0.39, 0.29) is 5.91 Å². The summed E-state index contributed by atoms with van der Waals surface area (Å²) >= 11 is 7.75. The summed E-state index contributed by atoms with van der Waals surface area (Å²) in [5.41, 5.74) is 3.57. The van der Waals surface area contributed by atoms with E-state index >= 15 is 0 Å². The van der Waals surface area contributed by atoms with Gasteiger partial charge in [0.25, 0.3) is 5.91 Å². The van der Waals surface area contributed by atoms with Crippen LogP contribution in [0.15, 0.2) is 42.5 Å². The molecule has 2 aromatic rings. The lowest BCUT2D eigenvalue weighted by Crippen LogP contribution is -2.39. The summed E-state index contributed by atoms with van der Waals surface area (Å²) in [6, 6.07) is 13.8. The number of thioether (sulfide) groups is 1. The molecule has 140 valence electrons. The predicted molar refractivity (Wildman–Crippen MR) is 111 cm³/mol. The summed E-state index contributed by atoms with van der Waals surface area (Å²) in [5.74, 6) is 2.41. The van der Waals surface area contributed by atoms with Crippen LogP contribution >= 0.6 is 23.4 Å². The number of halogens is 1. The Morgan fingerprint density at radius 1 is 1.19 bits per heavy atom. The molecule has 0 aliphatic carbocycles. The lowest BCUT2D eigenvalue weighted by atomic mass is 10.1. The predicted octanol–water partition coefficient (Wildman–Crippen LogP) is 5.16. The molecule has 0 aromatic heterocycles. The van der Waals surface area contributed by atoms with Crippen molar-refractivity contribution in [2.45, 2.75) is 39.0 Å². The number of aryl methyl sites for hydroxylation is 2. The Morgan fingerprint density at radius 3 is 2.69 bits per heavy atom. The van der Waals surface area contributed by atoms with Gasteiger partial charge in [-0.25, -0.2) is 0 Å². The van der Waals surface area contributed by atoms with E-state index in [4.69, 9.17) is 16.3 Å². The minimum absolute atomic E-state index is 0.0610. The maximum absolute atomic E-state index is 12.3. The van der Waals surface area contributed by atoms with Gasteiger partial charge in [0, 0.05) is 23.1 Å². The molecule has 1 N–H and O–H groups in total. The van der Waals surface area contributed by atoms with Crippen molar-refractivity contribution in [1.82, 2.24) is 5.32 Å². The molecule has 0 saturated heterocycles. The maximum atomic E-state index is 12.3. The van der Waals surface area contributed by atoms with E-state index in [1.807, 2.05) is 50.2 Å². The number of carbonyl (C=O) groups is 1. The highest BCUT2D eigenvalue weighted by Gasteiger charge is 2.18. The Morgan fingerprint density at radius 2 is 2.00 bits per heavy atom. The summed E-state index contributed by atoms with van der Waals surface area (Å²) in [5, 5.41) is 3.72. The van der Waals surface area contributed by atoms with Gasteiger partial charge in [0.2, 0.25) is 0 Å². The molecule has 2 aromatic carbocycles. The zero-order valence-corrected chi connectivity index (χ0v) is 17.1. The zero-order valence-electron chi connectivity index (χ0n) is 15.5. The number of benzene rings is 2. The lowest BCUT2D eigenvalue weighted by molar-refractivity contribution is -0.127. The third-order valence-electron chi connectivity index (χ3n) is 4.12. The van der Waals surface area contributed by atoms with Crippen LogP contribution in [-0.4, -0.2) is 24.3 Å². The van der Waals surface area contributed by atoms with Crippen LogP contribution in [0, 0.1) is 13.8 Å². The Hall–Kier alpha value is -1.65. The van der Waals surface area contributed by atoms with Crippen molar-refractivity contribution in [1.29, 1.82) is 0 Å². The van der Waals surface area contributed by atoms with Crippen LogP contribution in [0.2, 0.25) is 5.02 Å². The van der Waals surface area contributed by atoms with E-state index in [0.29, 0.717) is 13.0 Å². The molecule has 0 fully saturated rings. The molecule has 0 bridgehead atoms. The van der Waals surface area contributed by atoms with Gasteiger partial charge in [-0.3, -0.25) is 4.79 Å². The second kappa shape index (κ2) is 10.5. The first-order valence-corrected chi connectivity index (χ1v) is 10.4. The topological polar surface area (TPSA) is 38.3 Å². The number of rotatable bonds is 9. The Kier molecular flexibility index (Phi) is 8.33. The van der Waals surface area contributed by atoms with E-state index in [2.05, 4.69) is 18.3 Å². The van der Waals surface area contributed by atoms with Gasteiger partial charge < -0.3 is 10.1 Å². The highest BCUT2D eigenvalue weighted by Crippen LogP contribution is 2.19. The Labute approximate surface area is 165 Å². The Balaban J connectivity index is 1.73. The van der Waals surface area contributed by atoms with Gasteiger partial charge in [0.1, 0.15) is 5.75 Å². The van der Waals surface area contributed by atoms with Gasteiger partial charge in [-0.15, -0.1) is 0 Å². The third kappa shape index (κ3) is 6.58. The molecule has 0 aliphatic heterocycles. The molecule has 3 nitrogen and oxygen atoms in total. The maximum Gasteiger partial charge on any atom is 0.261 e. The molecule has 0 aliphatic rings. The summed E-state index contributed by atoms with van der Waals surface area (Å²) in [7, 11) is 0. The monoisotopic (exact) mass is 391 g/mol. The van der Waals surface area contributed by atoms with Crippen molar-refractivity contribution in [3.8, 4) is 5.75 Å². The van der Waals surface area contributed by atoms with Crippen molar-refractivity contribution in [2.24, 2.45) is 0 Å². The average molecular weight is 392 g/mol. The van der Waals surface area contributed by atoms with E-state index in [1.165, 1.54) is 11.1 Å². The fourth-order valence-corrected chi connectivity index (χ4v) is 3.47. The standard InChI is InChI=1S/C21H26ClNO2S/c1-4-20(25-19-9-8-15(2)16(3)12-19)21(24)23-10-11-26-14-17-6-5-7-18(22)13-17/h5-9,12-13,20H,4,10-11,14H2,1-3H3,(H,23,24)/t20-/m1/s1. The van der Waals surface area contributed by atoms with Crippen LogP contribution in [0.25, 0.3) is 0 Å². The van der Waals surface area contributed by atoms with Crippen molar-refractivity contribution >= 4 is 29.3 Å². The number of nitrogens with one attached hydrogen (secondary N) is 1. The van der Waals surface area contributed by atoms with E-state index < -0.39 is 6.10 Å². The summed E-state index contributed by atoms with van der Waals surface area (Å²) in [6.45, 7) is 6.68. The minimum Gasteiger partial charge on any atom is -0.481 e. The van der Waals surface area contributed by atoms with E-state index in [0.717, 1.165) is 27.8 Å². The zero-order chi connectivity index (χ0) is 18.9. The van der Waals surface area contributed by atoms with Gasteiger partial charge in [-0.1, -0.05) is 36.7 Å². The number of ether oxygens (including phenoxy) is 1. The molecule has 0 unspecified atom stereocenters. The largest absolute Gasteiger partial charge is 0.481 e. The van der Waals surface area contributed by atoms with Crippen LogP contribution in [-0.2, 0) is 10.5 Å². The third-order valence-corrected chi connectivity index (χ3v) is 5.39.